The van der Waals surface area contributed by atoms with E-state index in [1.54, 1.807) is 51.9 Å². The number of rotatable bonds is 11. The maximum atomic E-state index is 12.8. The van der Waals surface area contributed by atoms with E-state index >= 15 is 0 Å². The maximum absolute atomic E-state index is 12.8. The molecule has 3 heterocycles. The molecule has 0 fully saturated rings. The van der Waals surface area contributed by atoms with Crippen molar-refractivity contribution >= 4 is 35.2 Å². The molecule has 6 rings (SSSR count). The number of aliphatic hydroxyl groups is 2. The second-order valence-electron chi connectivity index (χ2n) is 11.6. The van der Waals surface area contributed by atoms with E-state index < -0.39 is 27.9 Å². The summed E-state index contributed by atoms with van der Waals surface area (Å²) in [5.74, 6) is 0.955. The minimum atomic E-state index is -1.36. The quantitative estimate of drug-likeness (QED) is 0.0910. The summed E-state index contributed by atoms with van der Waals surface area (Å²) in [6, 6.07) is 25.8. The van der Waals surface area contributed by atoms with Crippen molar-refractivity contribution in [3.05, 3.63) is 124 Å². The molecule has 0 bridgehead atoms. The number of thioether (sulfide) groups is 1. The molecular weight excluding hydrogens is 632 g/mol. The number of imidazole rings is 1. The molecule has 2 unspecified atom stereocenters. The number of aromatic nitrogens is 4. The van der Waals surface area contributed by atoms with Crippen LogP contribution in [0, 0.1) is 0 Å². The zero-order valence-corrected chi connectivity index (χ0v) is 27.9. The lowest BCUT2D eigenvalue weighted by molar-refractivity contribution is -0.0580. The fraction of sp³-hybridized carbons (Fsp3) is 0.257. The molecule has 0 saturated heterocycles. The molecule has 0 radical (unpaired) electrons. The lowest BCUT2D eigenvalue weighted by atomic mass is 9.84. The van der Waals surface area contributed by atoms with Gasteiger partial charge in [-0.2, -0.15) is 4.98 Å². The molecule has 48 heavy (non-hydrogen) atoms. The van der Waals surface area contributed by atoms with E-state index in [2.05, 4.69) is 32.1 Å². The fourth-order valence-corrected chi connectivity index (χ4v) is 7.28. The normalized spacial score (nSPS) is 18.1. The Labute approximate surface area is 281 Å². The van der Waals surface area contributed by atoms with Crippen molar-refractivity contribution in [3.63, 3.8) is 0 Å². The predicted octanol–water partition coefficient (Wildman–Crippen LogP) is 5.70. The van der Waals surface area contributed by atoms with Crippen LogP contribution in [-0.4, -0.2) is 80.6 Å². The van der Waals surface area contributed by atoms with Crippen LogP contribution in [0.15, 0.2) is 106 Å². The first kappa shape index (κ1) is 32.7. The molecular formula is C35H36N6O6S. The van der Waals surface area contributed by atoms with Crippen molar-refractivity contribution in [2.24, 2.45) is 4.99 Å². The van der Waals surface area contributed by atoms with E-state index in [9.17, 15) is 15.0 Å². The summed E-state index contributed by atoms with van der Waals surface area (Å²) in [6.45, 7) is 1.72. The van der Waals surface area contributed by atoms with Gasteiger partial charge in [-0.25, -0.2) is 9.98 Å². The second kappa shape index (κ2) is 13.1. The summed E-state index contributed by atoms with van der Waals surface area (Å²) in [6.07, 6.45) is 1.65. The van der Waals surface area contributed by atoms with E-state index in [0.29, 0.717) is 0 Å². The highest BCUT2D eigenvalue weighted by atomic mass is 32.2. The van der Waals surface area contributed by atoms with E-state index in [1.165, 1.54) is 17.2 Å². The number of aliphatic imine (C=N–C) groups is 1. The monoisotopic (exact) mass is 668 g/mol. The van der Waals surface area contributed by atoms with Gasteiger partial charge in [-0.15, -0.1) is 11.8 Å². The lowest BCUT2D eigenvalue weighted by Gasteiger charge is -2.38. The van der Waals surface area contributed by atoms with Gasteiger partial charge in [-0.05, 0) is 47.9 Å². The number of benzene rings is 3. The molecule has 248 valence electrons. The third-order valence-electron chi connectivity index (χ3n) is 8.17. The summed E-state index contributed by atoms with van der Waals surface area (Å²) in [5, 5.41) is 22.8. The van der Waals surface area contributed by atoms with Gasteiger partial charge in [0, 0.05) is 19.8 Å². The van der Waals surface area contributed by atoms with Crippen LogP contribution in [0.1, 0.15) is 29.8 Å². The maximum Gasteiger partial charge on any atom is 0.280 e. The Kier molecular flexibility index (Phi) is 8.91. The molecule has 0 saturated carbocycles. The summed E-state index contributed by atoms with van der Waals surface area (Å²) >= 11 is 1.54. The van der Waals surface area contributed by atoms with Gasteiger partial charge in [0.15, 0.2) is 28.9 Å². The molecule has 2 atom stereocenters. The first-order valence-electron chi connectivity index (χ1n) is 15.1. The molecule has 13 heteroatoms. The van der Waals surface area contributed by atoms with Crippen LogP contribution in [0.3, 0.4) is 0 Å². The van der Waals surface area contributed by atoms with Crippen molar-refractivity contribution in [1.29, 1.82) is 0 Å². The Bertz CT molecular complexity index is 1980. The average Bonchev–Trinajstić information content (AvgIpc) is 3.63. The number of nitrogens with zero attached hydrogens (tertiary/aromatic N) is 5. The van der Waals surface area contributed by atoms with Crippen molar-refractivity contribution in [2.45, 2.75) is 23.5 Å². The molecule has 0 amide bonds. The van der Waals surface area contributed by atoms with E-state index in [-0.39, 0.29) is 28.6 Å². The Balaban J connectivity index is 1.41. The Morgan fingerprint density at radius 3 is 2.15 bits per heavy atom. The SMILES string of the molecule is COc1ccc(C(SCC2(C)OC(n3cnc4c(=O)[nH]c(N=CN(C)C)nc43)C(O)=C2O)(c2ccccc2)c2ccc(OC)cc2)cc1. The molecule has 3 N–H and O–H groups in total. The number of nitrogens with one attached hydrogen (secondary N) is 1. The van der Waals surface area contributed by atoms with Gasteiger partial charge in [-0.3, -0.25) is 14.3 Å². The fourth-order valence-electron chi connectivity index (χ4n) is 5.67. The highest BCUT2D eigenvalue weighted by molar-refractivity contribution is 8.00. The van der Waals surface area contributed by atoms with Gasteiger partial charge in [-0.1, -0.05) is 54.6 Å². The van der Waals surface area contributed by atoms with Crippen molar-refractivity contribution in [3.8, 4) is 11.5 Å². The molecule has 12 nitrogen and oxygen atoms in total. The van der Waals surface area contributed by atoms with E-state index in [1.807, 2.05) is 66.7 Å². The van der Waals surface area contributed by atoms with Gasteiger partial charge >= 0.3 is 0 Å². The zero-order valence-electron chi connectivity index (χ0n) is 27.1. The Morgan fingerprint density at radius 2 is 1.58 bits per heavy atom. The third-order valence-corrected chi connectivity index (χ3v) is 10.0. The lowest BCUT2D eigenvalue weighted by Crippen LogP contribution is -2.35. The van der Waals surface area contributed by atoms with Crippen LogP contribution >= 0.6 is 11.8 Å². The van der Waals surface area contributed by atoms with Gasteiger partial charge in [0.2, 0.25) is 5.95 Å². The summed E-state index contributed by atoms with van der Waals surface area (Å²) in [7, 11) is 6.83. The Hall–Kier alpha value is -5.27. The average molecular weight is 669 g/mol. The van der Waals surface area contributed by atoms with Crippen molar-refractivity contribution in [1.82, 2.24) is 24.4 Å². The molecule has 3 aromatic carbocycles. The summed E-state index contributed by atoms with van der Waals surface area (Å²) in [5.41, 5.74) is 1.24. The standard InChI is InChI=1S/C35H36N6O6S/c1-34(29(43)28(42)32(47-34)41-21-36-27-30(41)38-33(39-31(27)44)37-20-40(2)3)19-48-35(22-9-7-6-8-10-22,23-11-15-25(45-4)16-12-23)24-13-17-26(46-5)18-14-24/h6-18,20-21,32,42-43H,19H2,1-5H3,(H,38,39,44). The molecule has 0 spiro atoms. The zero-order chi connectivity index (χ0) is 34.1. The van der Waals surface area contributed by atoms with Gasteiger partial charge in [0.05, 0.1) is 31.6 Å². The second-order valence-corrected chi connectivity index (χ2v) is 12.8. The summed E-state index contributed by atoms with van der Waals surface area (Å²) in [4.78, 5) is 30.0. The van der Waals surface area contributed by atoms with Gasteiger partial charge < -0.3 is 29.3 Å². The minimum absolute atomic E-state index is 0.0415. The number of methoxy groups -OCH3 is 2. The van der Waals surface area contributed by atoms with Crippen LogP contribution in [0.5, 0.6) is 11.5 Å². The largest absolute Gasteiger partial charge is 0.506 e. The first-order chi connectivity index (χ1) is 23.1. The molecule has 1 aliphatic rings. The number of hydrogen-bond donors (Lipinski definition) is 3. The van der Waals surface area contributed by atoms with E-state index in [4.69, 9.17) is 14.2 Å². The first-order valence-corrected chi connectivity index (χ1v) is 16.0. The highest BCUT2D eigenvalue weighted by Gasteiger charge is 2.49. The number of aliphatic hydroxyl groups excluding tert-OH is 2. The van der Waals surface area contributed by atoms with Crippen LogP contribution in [0.25, 0.3) is 11.2 Å². The number of ether oxygens (including phenoxy) is 3. The minimum Gasteiger partial charge on any atom is -0.506 e. The number of fused-ring (bicyclic) bond motifs is 1. The van der Waals surface area contributed by atoms with Crippen LogP contribution < -0.4 is 15.0 Å². The smallest absolute Gasteiger partial charge is 0.280 e. The van der Waals surface area contributed by atoms with Crippen LogP contribution in [0.2, 0.25) is 0 Å². The van der Waals surface area contributed by atoms with Gasteiger partial charge in [0.25, 0.3) is 5.56 Å². The third kappa shape index (κ3) is 5.86. The van der Waals surface area contributed by atoms with Crippen LogP contribution in [0.4, 0.5) is 5.95 Å². The number of H-pyrrole nitrogens is 1. The molecule has 2 aromatic heterocycles. The summed E-state index contributed by atoms with van der Waals surface area (Å²) < 4.78 is 18.0. The molecule has 5 aromatic rings. The topological polar surface area (TPSA) is 147 Å². The Morgan fingerprint density at radius 1 is 1.00 bits per heavy atom. The number of hydrogen-bond acceptors (Lipinski definition) is 10. The number of aromatic amines is 1. The van der Waals surface area contributed by atoms with Gasteiger partial charge in [0.1, 0.15) is 17.1 Å². The van der Waals surface area contributed by atoms with Crippen molar-refractivity contribution in [2.75, 3.05) is 34.1 Å². The molecule has 1 aliphatic heterocycles. The van der Waals surface area contributed by atoms with Crippen molar-refractivity contribution < 1.29 is 24.4 Å². The highest BCUT2D eigenvalue weighted by Crippen LogP contribution is 2.52. The predicted molar refractivity (Wildman–Crippen MR) is 186 cm³/mol. The van der Waals surface area contributed by atoms with Crippen LogP contribution in [-0.2, 0) is 9.48 Å². The molecule has 0 aliphatic carbocycles. The van der Waals surface area contributed by atoms with E-state index in [0.717, 1.165) is 28.2 Å².